The first-order valence-corrected chi connectivity index (χ1v) is 5.77. The fourth-order valence-electron chi connectivity index (χ4n) is 1.46. The van der Waals surface area contributed by atoms with Gasteiger partial charge in [-0.1, -0.05) is 25.1 Å². The molecule has 0 aliphatic heterocycles. The predicted octanol–water partition coefficient (Wildman–Crippen LogP) is 2.55. The molecule has 0 bridgehead atoms. The van der Waals surface area contributed by atoms with Gasteiger partial charge < -0.3 is 14.6 Å². The van der Waals surface area contributed by atoms with Crippen molar-refractivity contribution in [3.05, 3.63) is 29.8 Å². The molecule has 90 valence electrons. The number of hydrogen-bond acceptors (Lipinski definition) is 3. The Labute approximate surface area is 97.0 Å². The van der Waals surface area contributed by atoms with Gasteiger partial charge in [0.1, 0.15) is 12.4 Å². The first-order chi connectivity index (χ1) is 7.79. The van der Waals surface area contributed by atoms with Crippen LogP contribution in [0, 0.1) is 0 Å². The van der Waals surface area contributed by atoms with Crippen LogP contribution in [-0.4, -0.2) is 24.9 Å². The SMILES string of the molecule is CCOCCOc1ccccc1[C@@H](O)CC. The van der Waals surface area contributed by atoms with Crippen molar-refractivity contribution in [3.8, 4) is 5.75 Å². The molecule has 3 nitrogen and oxygen atoms in total. The Balaban J connectivity index is 2.57. The number of para-hydroxylation sites is 1. The Kier molecular flexibility index (Phi) is 5.90. The third-order valence-corrected chi connectivity index (χ3v) is 2.35. The van der Waals surface area contributed by atoms with E-state index in [4.69, 9.17) is 9.47 Å². The molecule has 0 radical (unpaired) electrons. The van der Waals surface area contributed by atoms with Crippen LogP contribution in [0.1, 0.15) is 31.9 Å². The van der Waals surface area contributed by atoms with E-state index in [9.17, 15) is 5.11 Å². The zero-order valence-electron chi connectivity index (χ0n) is 9.98. The van der Waals surface area contributed by atoms with Crippen LogP contribution >= 0.6 is 0 Å². The molecule has 1 atom stereocenters. The summed E-state index contributed by atoms with van der Waals surface area (Å²) in [5.74, 6) is 0.747. The van der Waals surface area contributed by atoms with Crippen molar-refractivity contribution in [3.63, 3.8) is 0 Å². The Morgan fingerprint density at radius 1 is 1.19 bits per heavy atom. The highest BCUT2D eigenvalue weighted by Crippen LogP contribution is 2.26. The molecule has 0 aromatic heterocycles. The van der Waals surface area contributed by atoms with Crippen molar-refractivity contribution in [2.45, 2.75) is 26.4 Å². The third-order valence-electron chi connectivity index (χ3n) is 2.35. The zero-order valence-corrected chi connectivity index (χ0v) is 9.98. The number of aliphatic hydroxyl groups excluding tert-OH is 1. The molecule has 0 amide bonds. The monoisotopic (exact) mass is 224 g/mol. The number of ether oxygens (including phenoxy) is 2. The normalized spacial score (nSPS) is 12.4. The van der Waals surface area contributed by atoms with Gasteiger partial charge in [0, 0.05) is 12.2 Å². The van der Waals surface area contributed by atoms with Crippen LogP contribution < -0.4 is 4.74 Å². The number of rotatable bonds is 7. The molecule has 0 heterocycles. The minimum atomic E-state index is -0.455. The average Bonchev–Trinajstić information content (AvgIpc) is 2.34. The maximum atomic E-state index is 9.80. The van der Waals surface area contributed by atoms with Gasteiger partial charge in [-0.25, -0.2) is 0 Å². The summed E-state index contributed by atoms with van der Waals surface area (Å²) < 4.78 is 10.8. The van der Waals surface area contributed by atoms with E-state index in [0.717, 1.165) is 11.3 Å². The van der Waals surface area contributed by atoms with E-state index >= 15 is 0 Å². The van der Waals surface area contributed by atoms with Crippen LogP contribution in [0.4, 0.5) is 0 Å². The Morgan fingerprint density at radius 3 is 2.62 bits per heavy atom. The van der Waals surface area contributed by atoms with Crippen LogP contribution in [0.15, 0.2) is 24.3 Å². The van der Waals surface area contributed by atoms with Gasteiger partial charge in [-0.15, -0.1) is 0 Å². The summed E-state index contributed by atoms with van der Waals surface area (Å²) >= 11 is 0. The van der Waals surface area contributed by atoms with E-state index in [2.05, 4.69) is 0 Å². The number of benzene rings is 1. The largest absolute Gasteiger partial charge is 0.491 e. The summed E-state index contributed by atoms with van der Waals surface area (Å²) in [5.41, 5.74) is 0.849. The quantitative estimate of drug-likeness (QED) is 0.723. The smallest absolute Gasteiger partial charge is 0.125 e. The molecule has 0 aliphatic carbocycles. The van der Waals surface area contributed by atoms with Crippen LogP contribution in [-0.2, 0) is 4.74 Å². The van der Waals surface area contributed by atoms with E-state index in [-0.39, 0.29) is 0 Å². The predicted molar refractivity (Wildman–Crippen MR) is 63.7 cm³/mol. The first kappa shape index (κ1) is 13.0. The van der Waals surface area contributed by atoms with Crippen LogP contribution in [0.5, 0.6) is 5.75 Å². The summed E-state index contributed by atoms with van der Waals surface area (Å²) in [6.07, 6.45) is 0.231. The minimum Gasteiger partial charge on any atom is -0.491 e. The molecule has 1 aromatic rings. The second kappa shape index (κ2) is 7.25. The maximum absolute atomic E-state index is 9.80. The van der Waals surface area contributed by atoms with E-state index in [1.165, 1.54) is 0 Å². The van der Waals surface area contributed by atoms with Gasteiger partial charge in [0.25, 0.3) is 0 Å². The molecule has 0 unspecified atom stereocenters. The van der Waals surface area contributed by atoms with E-state index in [1.807, 2.05) is 38.1 Å². The first-order valence-electron chi connectivity index (χ1n) is 5.77. The van der Waals surface area contributed by atoms with Crippen molar-refractivity contribution in [2.24, 2.45) is 0 Å². The lowest BCUT2D eigenvalue weighted by Gasteiger charge is -2.14. The van der Waals surface area contributed by atoms with Crippen LogP contribution in [0.3, 0.4) is 0 Å². The maximum Gasteiger partial charge on any atom is 0.125 e. The summed E-state index contributed by atoms with van der Waals surface area (Å²) in [4.78, 5) is 0. The van der Waals surface area contributed by atoms with Crippen LogP contribution in [0.25, 0.3) is 0 Å². The second-order valence-electron chi connectivity index (χ2n) is 3.51. The third kappa shape index (κ3) is 3.83. The fourth-order valence-corrected chi connectivity index (χ4v) is 1.46. The lowest BCUT2D eigenvalue weighted by atomic mass is 10.1. The summed E-state index contributed by atoms with van der Waals surface area (Å²) in [6.45, 7) is 5.69. The van der Waals surface area contributed by atoms with Crippen molar-refractivity contribution in [2.75, 3.05) is 19.8 Å². The highest BCUT2D eigenvalue weighted by atomic mass is 16.5. The molecule has 1 rings (SSSR count). The Hall–Kier alpha value is -1.06. The molecule has 1 N–H and O–H groups in total. The average molecular weight is 224 g/mol. The molecule has 3 heteroatoms. The standard InChI is InChI=1S/C13H20O3/c1-3-12(14)11-7-5-6-8-13(11)16-10-9-15-4-2/h5-8,12,14H,3-4,9-10H2,1-2H3/t12-/m0/s1. The van der Waals surface area contributed by atoms with Gasteiger partial charge in [0.2, 0.25) is 0 Å². The van der Waals surface area contributed by atoms with E-state index in [1.54, 1.807) is 0 Å². The topological polar surface area (TPSA) is 38.7 Å². The Bertz CT molecular complexity index is 299. The van der Waals surface area contributed by atoms with E-state index in [0.29, 0.717) is 26.2 Å². The summed E-state index contributed by atoms with van der Waals surface area (Å²) in [6, 6.07) is 7.58. The van der Waals surface area contributed by atoms with Gasteiger partial charge in [0.15, 0.2) is 0 Å². The van der Waals surface area contributed by atoms with Gasteiger partial charge in [0.05, 0.1) is 12.7 Å². The zero-order chi connectivity index (χ0) is 11.8. The molecule has 0 aliphatic rings. The van der Waals surface area contributed by atoms with Crippen molar-refractivity contribution >= 4 is 0 Å². The van der Waals surface area contributed by atoms with Crippen molar-refractivity contribution in [1.82, 2.24) is 0 Å². The minimum absolute atomic E-state index is 0.455. The van der Waals surface area contributed by atoms with Crippen LogP contribution in [0.2, 0.25) is 0 Å². The highest BCUT2D eigenvalue weighted by Gasteiger charge is 2.10. The second-order valence-corrected chi connectivity index (χ2v) is 3.51. The molecule has 0 fully saturated rings. The molecule has 16 heavy (non-hydrogen) atoms. The molecular formula is C13H20O3. The van der Waals surface area contributed by atoms with E-state index < -0.39 is 6.10 Å². The molecule has 0 saturated heterocycles. The number of aliphatic hydroxyl groups is 1. The van der Waals surface area contributed by atoms with Crippen molar-refractivity contribution in [1.29, 1.82) is 0 Å². The summed E-state index contributed by atoms with van der Waals surface area (Å²) in [5, 5.41) is 9.80. The van der Waals surface area contributed by atoms with Crippen molar-refractivity contribution < 1.29 is 14.6 Å². The summed E-state index contributed by atoms with van der Waals surface area (Å²) in [7, 11) is 0. The molecule has 0 saturated carbocycles. The van der Waals surface area contributed by atoms with Gasteiger partial charge >= 0.3 is 0 Å². The van der Waals surface area contributed by atoms with Gasteiger partial charge in [-0.3, -0.25) is 0 Å². The molecular weight excluding hydrogens is 204 g/mol. The highest BCUT2D eigenvalue weighted by molar-refractivity contribution is 5.34. The number of hydrogen-bond donors (Lipinski definition) is 1. The lowest BCUT2D eigenvalue weighted by molar-refractivity contribution is 0.107. The van der Waals surface area contributed by atoms with Gasteiger partial charge in [-0.05, 0) is 19.4 Å². The fraction of sp³-hybridized carbons (Fsp3) is 0.538. The van der Waals surface area contributed by atoms with Gasteiger partial charge in [-0.2, -0.15) is 0 Å². The lowest BCUT2D eigenvalue weighted by Crippen LogP contribution is -2.08. The molecule has 0 spiro atoms. The Morgan fingerprint density at radius 2 is 1.94 bits per heavy atom. The molecule has 1 aromatic carbocycles.